The molecule has 1 unspecified atom stereocenters. The summed E-state index contributed by atoms with van der Waals surface area (Å²) in [5, 5.41) is 19.9. The summed E-state index contributed by atoms with van der Waals surface area (Å²) in [6.45, 7) is 4.20. The molecule has 6 nitrogen and oxygen atoms in total. The topological polar surface area (TPSA) is 83.7 Å². The molecule has 0 aliphatic heterocycles. The second-order valence-electron chi connectivity index (χ2n) is 4.36. The summed E-state index contributed by atoms with van der Waals surface area (Å²) < 4.78 is 0. The fourth-order valence-corrected chi connectivity index (χ4v) is 2.07. The van der Waals surface area contributed by atoms with Crippen LogP contribution >= 0.6 is 12.4 Å². The van der Waals surface area contributed by atoms with Crippen molar-refractivity contribution < 1.29 is 14.8 Å². The number of nitro benzene ring substituents is 1. The smallest absolute Gasteiger partial charge is 0.317 e. The van der Waals surface area contributed by atoms with Crippen LogP contribution in [-0.2, 0) is 4.79 Å². The van der Waals surface area contributed by atoms with E-state index in [2.05, 4.69) is 0 Å². The maximum absolute atomic E-state index is 11.0. The van der Waals surface area contributed by atoms with Crippen LogP contribution in [0.3, 0.4) is 0 Å². The molecular formula is C13H19ClN2O4. The molecule has 20 heavy (non-hydrogen) atoms. The van der Waals surface area contributed by atoms with Gasteiger partial charge in [0.05, 0.1) is 11.5 Å². The van der Waals surface area contributed by atoms with E-state index in [0.717, 1.165) is 6.42 Å². The molecule has 1 atom stereocenters. The molecular weight excluding hydrogens is 284 g/mol. The molecule has 0 aromatic heterocycles. The summed E-state index contributed by atoms with van der Waals surface area (Å²) in [6, 6.07) is 6.14. The Bertz CT molecular complexity index is 467. The van der Waals surface area contributed by atoms with E-state index in [1.54, 1.807) is 30.0 Å². The summed E-state index contributed by atoms with van der Waals surface area (Å²) in [5.74, 6) is -0.932. The van der Waals surface area contributed by atoms with Crippen molar-refractivity contribution in [2.45, 2.75) is 26.3 Å². The minimum atomic E-state index is -0.932. The Morgan fingerprint density at radius 1 is 1.45 bits per heavy atom. The Morgan fingerprint density at radius 2 is 2.05 bits per heavy atom. The van der Waals surface area contributed by atoms with E-state index >= 15 is 0 Å². The van der Waals surface area contributed by atoms with Crippen LogP contribution in [0.25, 0.3) is 0 Å². The average molecular weight is 303 g/mol. The molecule has 0 amide bonds. The van der Waals surface area contributed by atoms with Crippen LogP contribution in [0.1, 0.15) is 31.9 Å². The van der Waals surface area contributed by atoms with Gasteiger partial charge in [-0.25, -0.2) is 0 Å². The number of hydrogen-bond acceptors (Lipinski definition) is 4. The van der Waals surface area contributed by atoms with E-state index in [0.29, 0.717) is 12.1 Å². The number of para-hydroxylation sites is 1. The number of aliphatic carboxylic acids is 1. The number of rotatable bonds is 7. The SMILES string of the molecule is CCCN(CC(=O)O)C(C)c1ccccc1[N+](=O)[O-].Cl. The van der Waals surface area contributed by atoms with Crippen molar-refractivity contribution in [3.8, 4) is 0 Å². The largest absolute Gasteiger partial charge is 0.480 e. The zero-order valence-electron chi connectivity index (χ0n) is 11.5. The first-order valence-corrected chi connectivity index (χ1v) is 6.16. The van der Waals surface area contributed by atoms with Gasteiger partial charge in [-0.2, -0.15) is 0 Å². The standard InChI is InChI=1S/C13H18N2O4.ClH/c1-3-8-14(9-13(16)17)10(2)11-6-4-5-7-12(11)15(18)19;/h4-7,10H,3,8-9H2,1-2H3,(H,16,17);1H. The number of benzene rings is 1. The van der Waals surface area contributed by atoms with Crippen LogP contribution in [0.15, 0.2) is 24.3 Å². The number of nitrogens with zero attached hydrogens (tertiary/aromatic N) is 2. The molecule has 0 saturated heterocycles. The molecule has 7 heteroatoms. The maximum atomic E-state index is 11.0. The molecule has 0 bridgehead atoms. The first-order chi connectivity index (χ1) is 8.97. The van der Waals surface area contributed by atoms with Gasteiger partial charge in [0.1, 0.15) is 0 Å². The monoisotopic (exact) mass is 302 g/mol. The minimum absolute atomic E-state index is 0. The van der Waals surface area contributed by atoms with E-state index in [1.807, 2.05) is 6.92 Å². The van der Waals surface area contributed by atoms with Crippen LogP contribution < -0.4 is 0 Å². The average Bonchev–Trinajstić information content (AvgIpc) is 2.37. The number of halogens is 1. The zero-order valence-corrected chi connectivity index (χ0v) is 12.3. The van der Waals surface area contributed by atoms with Gasteiger partial charge in [0.15, 0.2) is 0 Å². The number of carbonyl (C=O) groups is 1. The number of nitro groups is 1. The van der Waals surface area contributed by atoms with Crippen molar-refractivity contribution in [1.29, 1.82) is 0 Å². The van der Waals surface area contributed by atoms with Gasteiger partial charge in [0.25, 0.3) is 5.69 Å². The maximum Gasteiger partial charge on any atom is 0.317 e. The lowest BCUT2D eigenvalue weighted by Gasteiger charge is -2.27. The predicted octanol–water partition coefficient (Wildman–Crippen LogP) is 2.87. The molecule has 0 spiro atoms. The summed E-state index contributed by atoms with van der Waals surface area (Å²) in [6.07, 6.45) is 0.790. The molecule has 0 heterocycles. The minimum Gasteiger partial charge on any atom is -0.480 e. The van der Waals surface area contributed by atoms with Crippen molar-refractivity contribution >= 4 is 24.1 Å². The summed E-state index contributed by atoms with van der Waals surface area (Å²) >= 11 is 0. The van der Waals surface area contributed by atoms with Crippen LogP contribution in [0.2, 0.25) is 0 Å². The lowest BCUT2D eigenvalue weighted by Crippen LogP contribution is -2.33. The fraction of sp³-hybridized carbons (Fsp3) is 0.462. The third-order valence-corrected chi connectivity index (χ3v) is 2.98. The Labute approximate surface area is 124 Å². The third-order valence-electron chi connectivity index (χ3n) is 2.98. The van der Waals surface area contributed by atoms with Crippen LogP contribution in [-0.4, -0.2) is 34.0 Å². The fourth-order valence-electron chi connectivity index (χ4n) is 2.07. The quantitative estimate of drug-likeness (QED) is 0.618. The highest BCUT2D eigenvalue weighted by atomic mass is 35.5. The highest BCUT2D eigenvalue weighted by Gasteiger charge is 2.24. The van der Waals surface area contributed by atoms with Crippen molar-refractivity contribution in [3.63, 3.8) is 0 Å². The van der Waals surface area contributed by atoms with Crippen molar-refractivity contribution in [1.82, 2.24) is 4.90 Å². The van der Waals surface area contributed by atoms with E-state index in [9.17, 15) is 14.9 Å². The lowest BCUT2D eigenvalue weighted by atomic mass is 10.0. The number of carboxylic acid groups (broad SMARTS) is 1. The highest BCUT2D eigenvalue weighted by molar-refractivity contribution is 5.85. The Hall–Kier alpha value is -1.66. The van der Waals surface area contributed by atoms with Crippen molar-refractivity contribution in [2.24, 2.45) is 0 Å². The molecule has 0 aliphatic rings. The molecule has 1 aromatic rings. The first-order valence-electron chi connectivity index (χ1n) is 6.16. The van der Waals surface area contributed by atoms with Gasteiger partial charge in [-0.1, -0.05) is 25.1 Å². The van der Waals surface area contributed by atoms with E-state index in [1.165, 1.54) is 6.07 Å². The van der Waals surface area contributed by atoms with Gasteiger partial charge in [-0.15, -0.1) is 12.4 Å². The zero-order chi connectivity index (χ0) is 14.4. The van der Waals surface area contributed by atoms with Gasteiger partial charge in [-0.05, 0) is 19.9 Å². The second kappa shape index (κ2) is 8.50. The molecule has 1 N–H and O–H groups in total. The summed E-state index contributed by atoms with van der Waals surface area (Å²) in [4.78, 5) is 23.2. The van der Waals surface area contributed by atoms with Crippen molar-refractivity contribution in [3.05, 3.63) is 39.9 Å². The predicted molar refractivity (Wildman–Crippen MR) is 78.3 cm³/mol. The van der Waals surface area contributed by atoms with Crippen LogP contribution in [0.4, 0.5) is 5.69 Å². The van der Waals surface area contributed by atoms with Gasteiger partial charge in [0, 0.05) is 17.7 Å². The summed E-state index contributed by atoms with van der Waals surface area (Å²) in [7, 11) is 0. The lowest BCUT2D eigenvalue weighted by molar-refractivity contribution is -0.386. The van der Waals surface area contributed by atoms with Crippen molar-refractivity contribution in [2.75, 3.05) is 13.1 Å². The third kappa shape index (κ3) is 4.79. The molecule has 1 rings (SSSR count). The Kier molecular flexibility index (Phi) is 7.79. The normalized spacial score (nSPS) is 11.8. The van der Waals surface area contributed by atoms with Gasteiger partial charge in [0.2, 0.25) is 0 Å². The highest BCUT2D eigenvalue weighted by Crippen LogP contribution is 2.28. The van der Waals surface area contributed by atoms with E-state index in [4.69, 9.17) is 5.11 Å². The number of carboxylic acids is 1. The molecule has 0 aliphatic carbocycles. The Morgan fingerprint density at radius 3 is 2.55 bits per heavy atom. The summed E-state index contributed by atoms with van der Waals surface area (Å²) in [5.41, 5.74) is 0.573. The first kappa shape index (κ1) is 18.3. The van der Waals surface area contributed by atoms with Crippen LogP contribution in [0.5, 0.6) is 0 Å². The van der Waals surface area contributed by atoms with Gasteiger partial charge in [-0.3, -0.25) is 19.8 Å². The molecule has 112 valence electrons. The molecule has 0 fully saturated rings. The Balaban J connectivity index is 0.00000361. The van der Waals surface area contributed by atoms with Gasteiger partial charge >= 0.3 is 5.97 Å². The van der Waals surface area contributed by atoms with E-state index in [-0.39, 0.29) is 30.7 Å². The van der Waals surface area contributed by atoms with E-state index < -0.39 is 10.9 Å². The second-order valence-corrected chi connectivity index (χ2v) is 4.36. The van der Waals surface area contributed by atoms with Crippen LogP contribution in [0, 0.1) is 10.1 Å². The molecule has 1 aromatic carbocycles. The van der Waals surface area contributed by atoms with Gasteiger partial charge < -0.3 is 5.11 Å². The molecule has 0 radical (unpaired) electrons. The number of hydrogen-bond donors (Lipinski definition) is 1. The molecule has 0 saturated carbocycles.